The lowest BCUT2D eigenvalue weighted by Crippen LogP contribution is -2.67. The predicted molar refractivity (Wildman–Crippen MR) is 103 cm³/mol. The van der Waals surface area contributed by atoms with Crippen molar-refractivity contribution in [2.75, 3.05) is 12.3 Å². The molecular weight excluding hydrogens is 398 g/mol. The highest BCUT2D eigenvalue weighted by Gasteiger charge is 2.48. The van der Waals surface area contributed by atoms with Crippen LogP contribution in [0.1, 0.15) is 29.6 Å². The van der Waals surface area contributed by atoms with Crippen LogP contribution in [0, 0.1) is 0 Å². The van der Waals surface area contributed by atoms with Gasteiger partial charge >= 0.3 is 11.9 Å². The summed E-state index contributed by atoms with van der Waals surface area (Å²) in [5.74, 6) is -2.39. The molecule has 0 aromatic carbocycles. The van der Waals surface area contributed by atoms with Crippen molar-refractivity contribution in [1.29, 1.82) is 0 Å². The molecule has 0 saturated carbocycles. The molecule has 1 saturated heterocycles. The highest BCUT2D eigenvalue weighted by Crippen LogP contribution is 2.36. The van der Waals surface area contributed by atoms with E-state index < -0.39 is 17.7 Å². The number of fused-ring (bicyclic) bond motifs is 1. The fourth-order valence-electron chi connectivity index (χ4n) is 3.22. The van der Waals surface area contributed by atoms with Crippen LogP contribution in [0.25, 0.3) is 0 Å². The van der Waals surface area contributed by atoms with Crippen molar-refractivity contribution < 1.29 is 34.0 Å². The van der Waals surface area contributed by atoms with Gasteiger partial charge in [-0.25, -0.2) is 14.2 Å². The smallest absolute Gasteiger partial charge is 0.372 e. The van der Waals surface area contributed by atoms with Gasteiger partial charge < -0.3 is 20.4 Å². The number of unbranched alkanes of at least 4 members (excludes halogenated alkanes) is 1. The van der Waals surface area contributed by atoms with Crippen LogP contribution in [-0.4, -0.2) is 62.5 Å². The van der Waals surface area contributed by atoms with Crippen molar-refractivity contribution in [3.05, 3.63) is 41.9 Å². The number of nitrogens with one attached hydrogen (secondary N) is 1. The Morgan fingerprint density at radius 3 is 2.59 bits per heavy atom. The largest absolute Gasteiger partial charge is 0.478 e. The molecule has 2 aliphatic heterocycles. The van der Waals surface area contributed by atoms with Crippen LogP contribution in [0.2, 0.25) is 0 Å². The molecule has 10 heteroatoms. The molecular formula is C19H22N3O6S+. The summed E-state index contributed by atoms with van der Waals surface area (Å²) < 4.78 is 1.87. The number of rotatable bonds is 10. The normalized spacial score (nSPS) is 20.5. The molecule has 0 radical (unpaired) electrons. The number of carbonyl (C=O) groups excluding carboxylic acids is 2. The van der Waals surface area contributed by atoms with Gasteiger partial charge in [-0.05, 0) is 19.4 Å². The number of carbonyl (C=O) groups is 4. The van der Waals surface area contributed by atoms with E-state index in [0.717, 1.165) is 11.3 Å². The molecule has 154 valence electrons. The van der Waals surface area contributed by atoms with Gasteiger partial charge in [0.15, 0.2) is 18.9 Å². The van der Waals surface area contributed by atoms with E-state index in [1.165, 1.54) is 0 Å². The number of ketones is 1. The van der Waals surface area contributed by atoms with Gasteiger partial charge in [0.05, 0.1) is 5.56 Å². The second kappa shape index (κ2) is 9.19. The van der Waals surface area contributed by atoms with Gasteiger partial charge in [-0.15, -0.1) is 11.8 Å². The molecule has 1 amide bonds. The van der Waals surface area contributed by atoms with E-state index in [1.807, 2.05) is 10.8 Å². The van der Waals surface area contributed by atoms with E-state index >= 15 is 0 Å². The van der Waals surface area contributed by atoms with Crippen molar-refractivity contribution >= 4 is 35.4 Å². The van der Waals surface area contributed by atoms with Gasteiger partial charge in [0.2, 0.25) is 11.7 Å². The van der Waals surface area contributed by atoms with Crippen LogP contribution in [0.4, 0.5) is 0 Å². The minimum Gasteiger partial charge on any atom is -0.478 e. The van der Waals surface area contributed by atoms with Crippen LogP contribution >= 0.6 is 11.8 Å². The van der Waals surface area contributed by atoms with Crippen molar-refractivity contribution in [2.45, 2.75) is 37.2 Å². The molecule has 0 aliphatic carbocycles. The molecule has 3 rings (SSSR count). The average molecular weight is 420 g/mol. The molecule has 1 fully saturated rings. The number of aromatic nitrogens is 1. The summed E-state index contributed by atoms with van der Waals surface area (Å²) in [5.41, 5.74) is 1.30. The summed E-state index contributed by atoms with van der Waals surface area (Å²) in [6, 6.07) is 2.82. The van der Waals surface area contributed by atoms with Gasteiger partial charge in [-0.2, -0.15) is 0 Å². The lowest BCUT2D eigenvalue weighted by atomic mass is 10.1. The number of Topliss-reactive ketones (excluding diaryl/α,β-unsaturated/α-hetero) is 1. The molecule has 1 unspecified atom stereocenters. The van der Waals surface area contributed by atoms with E-state index in [0.29, 0.717) is 25.9 Å². The first-order chi connectivity index (χ1) is 13.9. The van der Waals surface area contributed by atoms with Gasteiger partial charge in [0, 0.05) is 36.1 Å². The van der Waals surface area contributed by atoms with E-state index in [4.69, 9.17) is 10.2 Å². The van der Waals surface area contributed by atoms with Crippen LogP contribution in [-0.2, 0) is 20.9 Å². The average Bonchev–Trinajstić information content (AvgIpc) is 2.70. The van der Waals surface area contributed by atoms with Crippen molar-refractivity contribution in [2.24, 2.45) is 0 Å². The van der Waals surface area contributed by atoms with Gasteiger partial charge in [0.1, 0.15) is 11.4 Å². The SMILES string of the molecule is O=C(O)C(=O)CCCCNC1C(=O)N2C=C(C[n+]3ccc(C(=O)O)cc3)CS[C@@H]12. The molecule has 0 bridgehead atoms. The number of hydrogen-bond donors (Lipinski definition) is 3. The topological polar surface area (TPSA) is 128 Å². The highest BCUT2D eigenvalue weighted by molar-refractivity contribution is 8.00. The summed E-state index contributed by atoms with van der Waals surface area (Å²) in [4.78, 5) is 46.5. The maximum atomic E-state index is 12.4. The van der Waals surface area contributed by atoms with Crippen LogP contribution in [0.5, 0.6) is 0 Å². The Bertz CT molecular complexity index is 854. The maximum absolute atomic E-state index is 12.4. The van der Waals surface area contributed by atoms with Gasteiger partial charge in [0.25, 0.3) is 0 Å². The Morgan fingerprint density at radius 1 is 1.21 bits per heavy atom. The lowest BCUT2D eigenvalue weighted by molar-refractivity contribution is -0.689. The summed E-state index contributed by atoms with van der Waals surface area (Å²) in [6.45, 7) is 1.13. The Labute approximate surface area is 171 Å². The first-order valence-corrected chi connectivity index (χ1v) is 10.3. The Kier molecular flexibility index (Phi) is 6.65. The zero-order chi connectivity index (χ0) is 21.0. The van der Waals surface area contributed by atoms with E-state index in [-0.39, 0.29) is 29.3 Å². The zero-order valence-corrected chi connectivity index (χ0v) is 16.4. The maximum Gasteiger partial charge on any atom is 0.372 e. The molecule has 1 aromatic rings. The summed E-state index contributed by atoms with van der Waals surface area (Å²) in [5, 5.41) is 20.7. The lowest BCUT2D eigenvalue weighted by Gasteiger charge is -2.47. The number of aliphatic carboxylic acids is 1. The number of carboxylic acid groups (broad SMARTS) is 2. The van der Waals surface area contributed by atoms with E-state index in [2.05, 4.69) is 5.32 Å². The first-order valence-electron chi connectivity index (χ1n) is 9.22. The Balaban J connectivity index is 1.45. The van der Waals surface area contributed by atoms with Crippen molar-refractivity contribution in [3.63, 3.8) is 0 Å². The summed E-state index contributed by atoms with van der Waals surface area (Å²) in [6.07, 6.45) is 6.39. The molecule has 29 heavy (non-hydrogen) atoms. The van der Waals surface area contributed by atoms with E-state index in [1.54, 1.807) is 41.2 Å². The Morgan fingerprint density at radius 2 is 1.93 bits per heavy atom. The fraction of sp³-hybridized carbons (Fsp3) is 0.421. The molecule has 1 aromatic heterocycles. The highest BCUT2D eigenvalue weighted by atomic mass is 32.2. The van der Waals surface area contributed by atoms with Gasteiger partial charge in [-0.1, -0.05) is 0 Å². The van der Waals surface area contributed by atoms with Gasteiger partial charge in [-0.3, -0.25) is 9.59 Å². The number of nitrogens with zero attached hydrogens (tertiary/aromatic N) is 2. The predicted octanol–water partition coefficient (Wildman–Crippen LogP) is 0.254. The number of amides is 1. The fourth-order valence-corrected chi connectivity index (χ4v) is 4.50. The van der Waals surface area contributed by atoms with E-state index in [9.17, 15) is 19.2 Å². The van der Waals surface area contributed by atoms with Crippen LogP contribution in [0.3, 0.4) is 0 Å². The standard InChI is InChI=1S/C19H21N3O6S/c23-14(19(27)28)3-1-2-6-20-15-16(24)22-10-12(11-29-17(15)22)9-21-7-4-13(5-8-21)18(25)26/h4-5,7-8,10,15,17,20H,1-3,6,9,11H2,(H-,25,26,27,28)/p+1/t15?,17-/m0/s1. The number of pyridine rings is 1. The van der Waals surface area contributed by atoms with Crippen molar-refractivity contribution in [3.8, 4) is 0 Å². The summed E-state index contributed by atoms with van der Waals surface area (Å²) in [7, 11) is 0. The van der Waals surface area contributed by atoms with Crippen molar-refractivity contribution in [1.82, 2.24) is 10.2 Å². The zero-order valence-electron chi connectivity index (χ0n) is 15.6. The first kappa shape index (κ1) is 21.0. The monoisotopic (exact) mass is 420 g/mol. The second-order valence-corrected chi connectivity index (χ2v) is 8.02. The third-order valence-corrected chi connectivity index (χ3v) is 6.18. The molecule has 2 aliphatic rings. The number of thioether (sulfide) groups is 1. The number of hydrogen-bond acceptors (Lipinski definition) is 6. The summed E-state index contributed by atoms with van der Waals surface area (Å²) >= 11 is 1.67. The Hall–Kier alpha value is -2.72. The number of carboxylic acids is 2. The molecule has 9 nitrogen and oxygen atoms in total. The number of aromatic carboxylic acids is 1. The second-order valence-electron chi connectivity index (χ2n) is 6.92. The minimum absolute atomic E-state index is 0.00691. The quantitative estimate of drug-likeness (QED) is 0.213. The molecule has 0 spiro atoms. The number of β-lactam (4-membered cyclic amide) rings is 1. The van der Waals surface area contributed by atoms with Crippen LogP contribution in [0.15, 0.2) is 36.3 Å². The third kappa shape index (κ3) is 5.01. The third-order valence-electron chi connectivity index (χ3n) is 4.80. The molecule has 3 heterocycles. The molecule has 3 N–H and O–H groups in total. The molecule has 2 atom stereocenters. The van der Waals surface area contributed by atoms with Crippen LogP contribution < -0.4 is 9.88 Å². The minimum atomic E-state index is -1.40.